The predicted octanol–water partition coefficient (Wildman–Crippen LogP) is 3.27. The molecule has 2 bridgehead atoms. The molecule has 2 aliphatic carbocycles. The summed E-state index contributed by atoms with van der Waals surface area (Å²) in [6.07, 6.45) is 5.20. The molecular weight excluding hydrogens is 319 g/mol. The second-order valence-electron chi connectivity index (χ2n) is 7.47. The number of carbonyl (C=O) groups excluding carboxylic acids is 1. The van der Waals surface area contributed by atoms with E-state index in [1.165, 1.54) is 37.8 Å². The van der Waals surface area contributed by atoms with Gasteiger partial charge in [0.1, 0.15) is 11.6 Å². The molecule has 132 valence electrons. The number of aryl methyl sites for hydroxylation is 1. The van der Waals surface area contributed by atoms with Crippen LogP contribution < -0.4 is 5.32 Å². The third-order valence-electron chi connectivity index (χ3n) is 5.84. The maximum Gasteiger partial charge on any atom is 0.291 e. The Morgan fingerprint density at radius 1 is 1.28 bits per heavy atom. The van der Waals surface area contributed by atoms with Crippen molar-refractivity contribution in [3.05, 3.63) is 41.7 Å². The highest BCUT2D eigenvalue weighted by Crippen LogP contribution is 2.49. The molecule has 2 aliphatic rings. The molecule has 0 unspecified atom stereocenters. The molecule has 2 saturated carbocycles. The first-order chi connectivity index (χ1) is 12.0. The largest absolute Gasteiger partial charge is 0.347 e. The Kier molecular flexibility index (Phi) is 4.06. The van der Waals surface area contributed by atoms with Gasteiger partial charge in [-0.15, -0.1) is 5.10 Å². The number of nitrogens with one attached hydrogen (secondary N) is 1. The number of hydrogen-bond acceptors (Lipinski definition) is 3. The summed E-state index contributed by atoms with van der Waals surface area (Å²) in [5, 5.41) is 7.40. The lowest BCUT2D eigenvalue weighted by molar-refractivity contribution is 0.0904. The quantitative estimate of drug-likeness (QED) is 0.928. The topological polar surface area (TPSA) is 59.8 Å². The van der Waals surface area contributed by atoms with E-state index >= 15 is 0 Å². The first kappa shape index (κ1) is 16.2. The molecule has 0 aliphatic heterocycles. The van der Waals surface area contributed by atoms with Gasteiger partial charge in [0.25, 0.3) is 5.91 Å². The second-order valence-corrected chi connectivity index (χ2v) is 7.47. The van der Waals surface area contributed by atoms with Crippen LogP contribution in [0.4, 0.5) is 4.39 Å². The van der Waals surface area contributed by atoms with Crippen molar-refractivity contribution in [1.82, 2.24) is 20.1 Å². The number of fused-ring (bicyclic) bond motifs is 2. The monoisotopic (exact) mass is 342 g/mol. The molecule has 1 aromatic heterocycles. The van der Waals surface area contributed by atoms with E-state index < -0.39 is 0 Å². The standard InChI is InChI=1S/C19H23FN4O/c1-11(17-10-13-3-4-14(17)9-13)21-19(25)18-22-12(2)24(23-18)16-7-5-15(20)6-8-16/h5-8,11,13-14,17H,3-4,9-10H2,1-2H3,(H,21,25)/t11-,13+,14+,17+/m1/s1. The number of nitrogens with zero attached hydrogens (tertiary/aromatic N) is 3. The molecule has 5 nitrogen and oxygen atoms in total. The van der Waals surface area contributed by atoms with Crippen molar-refractivity contribution in [3.8, 4) is 5.69 Å². The second kappa shape index (κ2) is 6.24. The fourth-order valence-corrected chi connectivity index (χ4v) is 4.60. The van der Waals surface area contributed by atoms with E-state index in [2.05, 4.69) is 22.3 Å². The van der Waals surface area contributed by atoms with Gasteiger partial charge in [0.15, 0.2) is 0 Å². The SMILES string of the molecule is Cc1nc(C(=O)N[C@H](C)[C@@H]2C[C@H]3CC[C@H]2C3)nn1-c1ccc(F)cc1. The van der Waals surface area contributed by atoms with Crippen LogP contribution in [-0.4, -0.2) is 26.7 Å². The molecule has 6 heteroatoms. The minimum Gasteiger partial charge on any atom is -0.347 e. The third-order valence-corrected chi connectivity index (χ3v) is 5.84. The van der Waals surface area contributed by atoms with E-state index in [1.807, 2.05) is 0 Å². The van der Waals surface area contributed by atoms with Gasteiger partial charge in [0, 0.05) is 6.04 Å². The average molecular weight is 342 g/mol. The fourth-order valence-electron chi connectivity index (χ4n) is 4.60. The van der Waals surface area contributed by atoms with E-state index in [1.54, 1.807) is 23.7 Å². The zero-order chi connectivity index (χ0) is 17.6. The molecule has 1 aromatic carbocycles. The van der Waals surface area contributed by atoms with Crippen molar-refractivity contribution in [2.24, 2.45) is 17.8 Å². The van der Waals surface area contributed by atoms with Gasteiger partial charge >= 0.3 is 0 Å². The Hall–Kier alpha value is -2.24. The lowest BCUT2D eigenvalue weighted by Gasteiger charge is -2.28. The Bertz CT molecular complexity index is 785. The normalized spacial score (nSPS) is 26.0. The highest BCUT2D eigenvalue weighted by molar-refractivity contribution is 5.90. The van der Waals surface area contributed by atoms with Gasteiger partial charge in [-0.2, -0.15) is 0 Å². The summed E-state index contributed by atoms with van der Waals surface area (Å²) in [5.41, 5.74) is 0.687. The van der Waals surface area contributed by atoms with Crippen LogP contribution in [0.3, 0.4) is 0 Å². The first-order valence-electron chi connectivity index (χ1n) is 9.01. The van der Waals surface area contributed by atoms with Crippen LogP contribution in [0.1, 0.15) is 49.1 Å². The van der Waals surface area contributed by atoms with Crippen molar-refractivity contribution in [1.29, 1.82) is 0 Å². The number of carbonyl (C=O) groups is 1. The first-order valence-corrected chi connectivity index (χ1v) is 9.01. The molecule has 0 spiro atoms. The van der Waals surface area contributed by atoms with Gasteiger partial charge < -0.3 is 5.32 Å². The van der Waals surface area contributed by atoms with Gasteiger partial charge in [-0.3, -0.25) is 4.79 Å². The number of amides is 1. The van der Waals surface area contributed by atoms with E-state index in [-0.39, 0.29) is 23.6 Å². The number of hydrogen-bond donors (Lipinski definition) is 1. The average Bonchev–Trinajstić information content (AvgIpc) is 3.31. The summed E-state index contributed by atoms with van der Waals surface area (Å²) in [6.45, 7) is 3.87. The van der Waals surface area contributed by atoms with Crippen molar-refractivity contribution in [2.75, 3.05) is 0 Å². The summed E-state index contributed by atoms with van der Waals surface area (Å²) < 4.78 is 14.6. The molecule has 4 rings (SSSR count). The molecule has 1 amide bonds. The number of halogens is 1. The smallest absolute Gasteiger partial charge is 0.291 e. The Morgan fingerprint density at radius 3 is 2.68 bits per heavy atom. The summed E-state index contributed by atoms with van der Waals surface area (Å²) in [4.78, 5) is 16.8. The third kappa shape index (κ3) is 3.05. The van der Waals surface area contributed by atoms with Crippen LogP contribution in [0.15, 0.2) is 24.3 Å². The number of rotatable bonds is 4. The van der Waals surface area contributed by atoms with Crippen molar-refractivity contribution in [2.45, 2.75) is 45.6 Å². The zero-order valence-corrected chi connectivity index (χ0v) is 14.6. The molecule has 0 radical (unpaired) electrons. The van der Waals surface area contributed by atoms with E-state index in [0.717, 1.165) is 11.8 Å². The molecule has 1 N–H and O–H groups in total. The summed E-state index contributed by atoms with van der Waals surface area (Å²) in [5.74, 6) is 2.40. The van der Waals surface area contributed by atoms with Crippen LogP contribution in [0.2, 0.25) is 0 Å². The van der Waals surface area contributed by atoms with Crippen molar-refractivity contribution < 1.29 is 9.18 Å². The van der Waals surface area contributed by atoms with Crippen molar-refractivity contribution in [3.63, 3.8) is 0 Å². The Morgan fingerprint density at radius 2 is 2.04 bits per heavy atom. The van der Waals surface area contributed by atoms with E-state index in [0.29, 0.717) is 17.4 Å². The van der Waals surface area contributed by atoms with Gasteiger partial charge in [-0.25, -0.2) is 14.1 Å². The molecule has 25 heavy (non-hydrogen) atoms. The van der Waals surface area contributed by atoms with Crippen LogP contribution in [0.5, 0.6) is 0 Å². The van der Waals surface area contributed by atoms with E-state index in [9.17, 15) is 9.18 Å². The van der Waals surface area contributed by atoms with Gasteiger partial charge in [0.05, 0.1) is 5.69 Å². The molecule has 1 heterocycles. The molecule has 4 atom stereocenters. The minimum absolute atomic E-state index is 0.140. The highest BCUT2D eigenvalue weighted by Gasteiger charge is 2.42. The Balaban J connectivity index is 1.47. The van der Waals surface area contributed by atoms with Crippen LogP contribution in [-0.2, 0) is 0 Å². The lowest BCUT2D eigenvalue weighted by Crippen LogP contribution is -2.40. The van der Waals surface area contributed by atoms with Crippen LogP contribution in [0.25, 0.3) is 5.69 Å². The molecule has 2 fully saturated rings. The van der Waals surface area contributed by atoms with Crippen molar-refractivity contribution >= 4 is 5.91 Å². The molecule has 0 saturated heterocycles. The molecule has 2 aromatic rings. The summed E-state index contributed by atoms with van der Waals surface area (Å²) in [6, 6.07) is 6.12. The van der Waals surface area contributed by atoms with Gasteiger partial charge in [0.2, 0.25) is 5.82 Å². The zero-order valence-electron chi connectivity index (χ0n) is 14.6. The fraction of sp³-hybridized carbons (Fsp3) is 0.526. The van der Waals surface area contributed by atoms with Gasteiger partial charge in [-0.1, -0.05) is 6.42 Å². The van der Waals surface area contributed by atoms with E-state index in [4.69, 9.17) is 0 Å². The lowest BCUT2D eigenvalue weighted by atomic mass is 9.84. The predicted molar refractivity (Wildman–Crippen MR) is 91.9 cm³/mol. The summed E-state index contributed by atoms with van der Waals surface area (Å²) >= 11 is 0. The summed E-state index contributed by atoms with van der Waals surface area (Å²) in [7, 11) is 0. The Labute approximate surface area is 146 Å². The minimum atomic E-state index is -0.306. The van der Waals surface area contributed by atoms with Gasteiger partial charge in [-0.05, 0) is 75.1 Å². The highest BCUT2D eigenvalue weighted by atomic mass is 19.1. The molecular formula is C19H23FN4O. The maximum absolute atomic E-state index is 13.1. The number of benzene rings is 1. The maximum atomic E-state index is 13.1. The van der Waals surface area contributed by atoms with Crippen LogP contribution in [0, 0.1) is 30.5 Å². The van der Waals surface area contributed by atoms with Crippen LogP contribution >= 0.6 is 0 Å². The number of aromatic nitrogens is 3.